The first-order valence-corrected chi connectivity index (χ1v) is 8.45. The zero-order chi connectivity index (χ0) is 14.5. The highest BCUT2D eigenvalue weighted by Crippen LogP contribution is 2.18. The Kier molecular flexibility index (Phi) is 10.8. The monoisotopic (exact) mass is 282 g/mol. The van der Waals surface area contributed by atoms with Crippen LogP contribution >= 0.6 is 0 Å². The molecular formula is C16H31BO3. The minimum absolute atomic E-state index is 0.538. The van der Waals surface area contributed by atoms with Crippen LogP contribution in [0.3, 0.4) is 0 Å². The van der Waals surface area contributed by atoms with Crippen molar-refractivity contribution in [2.24, 2.45) is 0 Å². The number of allylic oxidation sites excluding steroid dienone is 2. The smallest absolute Gasteiger partial charge is 0.516 e. The van der Waals surface area contributed by atoms with Crippen LogP contribution in [0.2, 0.25) is 0 Å². The molecule has 0 bridgehead atoms. The second kappa shape index (κ2) is 12.3. The van der Waals surface area contributed by atoms with Crippen molar-refractivity contribution in [3.8, 4) is 0 Å². The lowest BCUT2D eigenvalue weighted by Gasteiger charge is -2.17. The van der Waals surface area contributed by atoms with E-state index >= 15 is 0 Å². The van der Waals surface area contributed by atoms with Gasteiger partial charge in [0.15, 0.2) is 0 Å². The average Bonchev–Trinajstić information content (AvgIpc) is 2.42. The van der Waals surface area contributed by atoms with Crippen molar-refractivity contribution in [1.82, 2.24) is 0 Å². The standard InChI is InChI=1S/C16H31BO3/c1-3-18-17(19-4-2)20-16-14-12-10-8-6-5-7-9-11-13-15-16/h14H,3-13,15H2,1-2H3. The Morgan fingerprint density at radius 2 is 1.40 bits per heavy atom. The predicted octanol–water partition coefficient (Wildman–Crippen LogP) is 4.86. The normalized spacial score (nSPS) is 18.6. The molecule has 0 radical (unpaired) electrons. The molecule has 0 aromatic heterocycles. The molecular weight excluding hydrogens is 251 g/mol. The second-order valence-corrected chi connectivity index (χ2v) is 5.35. The van der Waals surface area contributed by atoms with E-state index in [0.29, 0.717) is 13.2 Å². The zero-order valence-corrected chi connectivity index (χ0v) is 13.4. The van der Waals surface area contributed by atoms with Crippen molar-refractivity contribution in [1.29, 1.82) is 0 Å². The maximum atomic E-state index is 5.89. The van der Waals surface area contributed by atoms with E-state index < -0.39 is 7.32 Å². The van der Waals surface area contributed by atoms with Crippen LogP contribution in [-0.2, 0) is 14.0 Å². The molecule has 0 atom stereocenters. The molecule has 0 N–H and O–H groups in total. The van der Waals surface area contributed by atoms with E-state index in [1.165, 1.54) is 51.4 Å². The summed E-state index contributed by atoms with van der Waals surface area (Å²) in [7, 11) is -0.538. The van der Waals surface area contributed by atoms with Gasteiger partial charge in [-0.1, -0.05) is 38.5 Å². The fourth-order valence-electron chi connectivity index (χ4n) is 2.49. The van der Waals surface area contributed by atoms with Crippen molar-refractivity contribution in [3.63, 3.8) is 0 Å². The summed E-state index contributed by atoms with van der Waals surface area (Å²) in [4.78, 5) is 0. The summed E-state index contributed by atoms with van der Waals surface area (Å²) in [6.07, 6.45) is 15.0. The van der Waals surface area contributed by atoms with Gasteiger partial charge in [0.1, 0.15) is 0 Å². The molecule has 0 aromatic rings. The van der Waals surface area contributed by atoms with Crippen molar-refractivity contribution in [3.05, 3.63) is 11.8 Å². The first-order chi connectivity index (χ1) is 9.86. The molecule has 0 saturated heterocycles. The van der Waals surface area contributed by atoms with E-state index in [9.17, 15) is 0 Å². The fourth-order valence-corrected chi connectivity index (χ4v) is 2.49. The van der Waals surface area contributed by atoms with Crippen LogP contribution in [0.1, 0.15) is 78.1 Å². The molecule has 0 fully saturated rings. The van der Waals surface area contributed by atoms with Gasteiger partial charge in [-0.15, -0.1) is 0 Å². The Hall–Kier alpha value is -0.475. The Morgan fingerprint density at radius 1 is 0.850 bits per heavy atom. The fraction of sp³-hybridized carbons (Fsp3) is 0.875. The Bertz CT molecular complexity index is 250. The molecule has 0 amide bonds. The van der Waals surface area contributed by atoms with Crippen molar-refractivity contribution < 1.29 is 14.0 Å². The third-order valence-electron chi connectivity index (χ3n) is 3.60. The van der Waals surface area contributed by atoms with Crippen LogP contribution in [0.15, 0.2) is 11.8 Å². The molecule has 0 spiro atoms. The quantitative estimate of drug-likeness (QED) is 0.651. The summed E-state index contributed by atoms with van der Waals surface area (Å²) in [5, 5.41) is 0. The third kappa shape index (κ3) is 8.65. The summed E-state index contributed by atoms with van der Waals surface area (Å²) in [5.41, 5.74) is 0. The molecule has 0 saturated carbocycles. The Balaban J connectivity index is 2.46. The molecule has 0 heterocycles. The zero-order valence-electron chi connectivity index (χ0n) is 13.4. The number of hydrogen-bond acceptors (Lipinski definition) is 3. The molecule has 1 aliphatic rings. The summed E-state index contributed by atoms with van der Waals surface area (Å²) in [6, 6.07) is 0. The van der Waals surface area contributed by atoms with Gasteiger partial charge in [-0.3, -0.25) is 0 Å². The number of rotatable bonds is 6. The van der Waals surface area contributed by atoms with E-state index in [2.05, 4.69) is 6.08 Å². The molecule has 1 rings (SSSR count). The lowest BCUT2D eigenvalue weighted by molar-refractivity contribution is 0.125. The third-order valence-corrected chi connectivity index (χ3v) is 3.60. The number of hydrogen-bond donors (Lipinski definition) is 0. The minimum Gasteiger partial charge on any atom is -0.516 e. The van der Waals surface area contributed by atoms with Gasteiger partial charge in [0, 0.05) is 19.6 Å². The van der Waals surface area contributed by atoms with Gasteiger partial charge < -0.3 is 14.0 Å². The SMILES string of the molecule is CCOB(OCC)OC1=CCCCCCCCCCC1. The van der Waals surface area contributed by atoms with E-state index in [-0.39, 0.29) is 0 Å². The molecule has 20 heavy (non-hydrogen) atoms. The maximum absolute atomic E-state index is 5.89. The van der Waals surface area contributed by atoms with E-state index in [1.807, 2.05) is 13.8 Å². The van der Waals surface area contributed by atoms with Crippen LogP contribution in [0.4, 0.5) is 0 Å². The molecule has 1 aliphatic carbocycles. The lowest BCUT2D eigenvalue weighted by atomic mass is 10.0. The van der Waals surface area contributed by atoms with E-state index in [0.717, 1.165) is 18.6 Å². The first kappa shape index (κ1) is 17.6. The summed E-state index contributed by atoms with van der Waals surface area (Å²) in [5.74, 6) is 1.05. The summed E-state index contributed by atoms with van der Waals surface area (Å²) in [6.45, 7) is 5.14. The molecule has 116 valence electrons. The molecule has 0 unspecified atom stereocenters. The summed E-state index contributed by atoms with van der Waals surface area (Å²) < 4.78 is 16.8. The van der Waals surface area contributed by atoms with Crippen molar-refractivity contribution in [2.45, 2.75) is 78.1 Å². The van der Waals surface area contributed by atoms with Gasteiger partial charge in [0.25, 0.3) is 0 Å². The molecule has 0 aromatic carbocycles. The van der Waals surface area contributed by atoms with Crippen LogP contribution in [0.25, 0.3) is 0 Å². The van der Waals surface area contributed by atoms with Crippen LogP contribution < -0.4 is 0 Å². The highest BCUT2D eigenvalue weighted by atomic mass is 16.7. The van der Waals surface area contributed by atoms with Crippen LogP contribution in [0, 0.1) is 0 Å². The van der Waals surface area contributed by atoms with Crippen molar-refractivity contribution >= 4 is 7.32 Å². The van der Waals surface area contributed by atoms with E-state index in [4.69, 9.17) is 14.0 Å². The van der Waals surface area contributed by atoms with Gasteiger partial charge in [-0.2, -0.15) is 0 Å². The van der Waals surface area contributed by atoms with Crippen LogP contribution in [-0.4, -0.2) is 20.5 Å². The maximum Gasteiger partial charge on any atom is 0.712 e. The largest absolute Gasteiger partial charge is 0.712 e. The lowest BCUT2D eigenvalue weighted by Crippen LogP contribution is -2.27. The van der Waals surface area contributed by atoms with Gasteiger partial charge in [-0.05, 0) is 39.2 Å². The summed E-state index contributed by atoms with van der Waals surface area (Å²) >= 11 is 0. The first-order valence-electron chi connectivity index (χ1n) is 8.45. The molecule has 4 heteroatoms. The van der Waals surface area contributed by atoms with Gasteiger partial charge >= 0.3 is 7.32 Å². The predicted molar refractivity (Wildman–Crippen MR) is 84.3 cm³/mol. The van der Waals surface area contributed by atoms with Crippen LogP contribution in [0.5, 0.6) is 0 Å². The van der Waals surface area contributed by atoms with Gasteiger partial charge in [0.05, 0.1) is 5.76 Å². The van der Waals surface area contributed by atoms with Gasteiger partial charge in [-0.25, -0.2) is 0 Å². The highest BCUT2D eigenvalue weighted by molar-refractivity contribution is 6.36. The Labute approximate surface area is 125 Å². The second-order valence-electron chi connectivity index (χ2n) is 5.35. The van der Waals surface area contributed by atoms with E-state index in [1.54, 1.807) is 0 Å². The topological polar surface area (TPSA) is 27.7 Å². The molecule has 0 aliphatic heterocycles. The van der Waals surface area contributed by atoms with Gasteiger partial charge in [0.2, 0.25) is 0 Å². The minimum atomic E-state index is -0.538. The highest BCUT2D eigenvalue weighted by Gasteiger charge is 2.23. The Morgan fingerprint density at radius 3 is 2.00 bits per heavy atom. The average molecular weight is 282 g/mol. The van der Waals surface area contributed by atoms with Crippen molar-refractivity contribution in [2.75, 3.05) is 13.2 Å². The molecule has 3 nitrogen and oxygen atoms in total.